The molecule has 0 aromatic carbocycles. The van der Waals surface area contributed by atoms with E-state index in [1.165, 1.54) is 38.8 Å². The Hall–Kier alpha value is -0.0400. The Morgan fingerprint density at radius 2 is 1.50 bits per heavy atom. The standard InChI is InChI=1S/C11H23N/c1-4-12(5-2)11-8-6-10(3)7-9-11/h10-11H,4-9H2,1-3H3/t10-,11-. The van der Waals surface area contributed by atoms with Crippen molar-refractivity contribution in [3.05, 3.63) is 0 Å². The molecule has 1 fully saturated rings. The van der Waals surface area contributed by atoms with Crippen LogP contribution in [0.3, 0.4) is 0 Å². The summed E-state index contributed by atoms with van der Waals surface area (Å²) in [6.07, 6.45) is 5.76. The fourth-order valence-electron chi connectivity index (χ4n) is 2.35. The topological polar surface area (TPSA) is 3.24 Å². The zero-order valence-corrected chi connectivity index (χ0v) is 8.84. The fraction of sp³-hybridized carbons (Fsp3) is 1.00. The first-order valence-electron chi connectivity index (χ1n) is 5.52. The van der Waals surface area contributed by atoms with Crippen LogP contribution in [0.1, 0.15) is 46.5 Å². The van der Waals surface area contributed by atoms with Crippen LogP contribution in [0.2, 0.25) is 0 Å². The SMILES string of the molecule is CCN(CC)[C@H]1CC[C@H](C)CC1. The molecule has 0 unspecified atom stereocenters. The molecule has 0 radical (unpaired) electrons. The maximum atomic E-state index is 2.62. The highest BCUT2D eigenvalue weighted by Crippen LogP contribution is 2.26. The molecule has 1 aliphatic carbocycles. The molecular weight excluding hydrogens is 146 g/mol. The van der Waals surface area contributed by atoms with E-state index in [0.717, 1.165) is 12.0 Å². The lowest BCUT2D eigenvalue weighted by molar-refractivity contribution is 0.153. The van der Waals surface area contributed by atoms with E-state index in [4.69, 9.17) is 0 Å². The van der Waals surface area contributed by atoms with E-state index < -0.39 is 0 Å². The van der Waals surface area contributed by atoms with Gasteiger partial charge in [-0.2, -0.15) is 0 Å². The number of nitrogens with zero attached hydrogens (tertiary/aromatic N) is 1. The van der Waals surface area contributed by atoms with Gasteiger partial charge in [0.15, 0.2) is 0 Å². The van der Waals surface area contributed by atoms with E-state index in [-0.39, 0.29) is 0 Å². The Morgan fingerprint density at radius 1 is 1.00 bits per heavy atom. The fourth-order valence-corrected chi connectivity index (χ4v) is 2.35. The summed E-state index contributed by atoms with van der Waals surface area (Å²) in [5, 5.41) is 0. The Labute approximate surface area is 77.1 Å². The smallest absolute Gasteiger partial charge is 0.00952 e. The van der Waals surface area contributed by atoms with Gasteiger partial charge in [0.1, 0.15) is 0 Å². The van der Waals surface area contributed by atoms with Gasteiger partial charge in [-0.15, -0.1) is 0 Å². The first kappa shape index (κ1) is 10.0. The van der Waals surface area contributed by atoms with Crippen molar-refractivity contribution in [2.24, 2.45) is 5.92 Å². The second kappa shape index (κ2) is 4.86. The molecule has 1 nitrogen and oxygen atoms in total. The average molecular weight is 169 g/mol. The van der Waals surface area contributed by atoms with Gasteiger partial charge in [-0.3, -0.25) is 0 Å². The summed E-state index contributed by atoms with van der Waals surface area (Å²) >= 11 is 0. The van der Waals surface area contributed by atoms with Gasteiger partial charge in [0.05, 0.1) is 0 Å². The molecule has 0 bridgehead atoms. The van der Waals surface area contributed by atoms with Crippen molar-refractivity contribution in [1.82, 2.24) is 4.90 Å². The molecule has 72 valence electrons. The summed E-state index contributed by atoms with van der Waals surface area (Å²) in [4.78, 5) is 2.62. The van der Waals surface area contributed by atoms with E-state index in [1.807, 2.05) is 0 Å². The molecule has 1 aliphatic rings. The molecule has 0 atom stereocenters. The molecule has 0 heterocycles. The average Bonchev–Trinajstić information content (AvgIpc) is 2.10. The Bertz CT molecular complexity index is 110. The minimum Gasteiger partial charge on any atom is -0.301 e. The van der Waals surface area contributed by atoms with Gasteiger partial charge in [-0.25, -0.2) is 0 Å². The van der Waals surface area contributed by atoms with E-state index in [9.17, 15) is 0 Å². The van der Waals surface area contributed by atoms with Crippen LogP contribution in [-0.2, 0) is 0 Å². The van der Waals surface area contributed by atoms with E-state index in [1.54, 1.807) is 0 Å². The summed E-state index contributed by atoms with van der Waals surface area (Å²) in [6.45, 7) is 9.41. The zero-order chi connectivity index (χ0) is 8.97. The first-order valence-corrected chi connectivity index (χ1v) is 5.52. The summed E-state index contributed by atoms with van der Waals surface area (Å²) in [6, 6.07) is 0.899. The van der Waals surface area contributed by atoms with Crippen molar-refractivity contribution in [1.29, 1.82) is 0 Å². The van der Waals surface area contributed by atoms with Crippen LogP contribution >= 0.6 is 0 Å². The van der Waals surface area contributed by atoms with Gasteiger partial charge < -0.3 is 4.90 Å². The predicted molar refractivity (Wildman–Crippen MR) is 54.3 cm³/mol. The molecule has 0 spiro atoms. The number of hydrogen-bond donors (Lipinski definition) is 0. The quantitative estimate of drug-likeness (QED) is 0.628. The molecule has 0 amide bonds. The van der Waals surface area contributed by atoms with Crippen molar-refractivity contribution in [2.45, 2.75) is 52.5 Å². The van der Waals surface area contributed by atoms with Crippen molar-refractivity contribution in [3.63, 3.8) is 0 Å². The molecule has 1 rings (SSSR count). The zero-order valence-electron chi connectivity index (χ0n) is 8.84. The van der Waals surface area contributed by atoms with Crippen molar-refractivity contribution in [2.75, 3.05) is 13.1 Å². The third-order valence-electron chi connectivity index (χ3n) is 3.31. The normalized spacial score (nSPS) is 31.0. The Balaban J connectivity index is 2.32. The van der Waals surface area contributed by atoms with Crippen molar-refractivity contribution < 1.29 is 0 Å². The lowest BCUT2D eigenvalue weighted by Gasteiger charge is -2.34. The molecule has 1 heteroatoms. The minimum atomic E-state index is 0.899. The molecular formula is C11H23N. The van der Waals surface area contributed by atoms with Crippen LogP contribution in [0.4, 0.5) is 0 Å². The molecule has 0 saturated heterocycles. The molecule has 0 N–H and O–H groups in total. The van der Waals surface area contributed by atoms with E-state index >= 15 is 0 Å². The van der Waals surface area contributed by atoms with Crippen LogP contribution in [0, 0.1) is 5.92 Å². The molecule has 0 aromatic rings. The molecule has 12 heavy (non-hydrogen) atoms. The van der Waals surface area contributed by atoms with Gasteiger partial charge in [0.25, 0.3) is 0 Å². The first-order chi connectivity index (χ1) is 5.77. The summed E-state index contributed by atoms with van der Waals surface area (Å²) in [7, 11) is 0. The Kier molecular flexibility index (Phi) is 4.07. The molecule has 1 saturated carbocycles. The highest BCUT2D eigenvalue weighted by molar-refractivity contribution is 4.76. The largest absolute Gasteiger partial charge is 0.301 e. The van der Waals surface area contributed by atoms with Crippen LogP contribution in [-0.4, -0.2) is 24.0 Å². The third kappa shape index (κ3) is 2.48. The second-order valence-corrected chi connectivity index (χ2v) is 4.13. The van der Waals surface area contributed by atoms with Crippen molar-refractivity contribution in [3.8, 4) is 0 Å². The van der Waals surface area contributed by atoms with Crippen LogP contribution in [0.5, 0.6) is 0 Å². The molecule has 0 aliphatic heterocycles. The highest BCUT2D eigenvalue weighted by atomic mass is 15.1. The number of hydrogen-bond acceptors (Lipinski definition) is 1. The van der Waals surface area contributed by atoms with Crippen molar-refractivity contribution >= 4 is 0 Å². The van der Waals surface area contributed by atoms with Crippen LogP contribution in [0.25, 0.3) is 0 Å². The maximum Gasteiger partial charge on any atom is 0.00952 e. The van der Waals surface area contributed by atoms with Gasteiger partial charge in [-0.1, -0.05) is 20.8 Å². The summed E-state index contributed by atoms with van der Waals surface area (Å²) in [5.74, 6) is 0.983. The van der Waals surface area contributed by atoms with E-state index in [2.05, 4.69) is 25.7 Å². The monoisotopic (exact) mass is 169 g/mol. The van der Waals surface area contributed by atoms with Crippen LogP contribution < -0.4 is 0 Å². The number of rotatable bonds is 3. The van der Waals surface area contributed by atoms with Crippen LogP contribution in [0.15, 0.2) is 0 Å². The second-order valence-electron chi connectivity index (χ2n) is 4.13. The summed E-state index contributed by atoms with van der Waals surface area (Å²) < 4.78 is 0. The third-order valence-corrected chi connectivity index (χ3v) is 3.31. The highest BCUT2D eigenvalue weighted by Gasteiger charge is 2.21. The lowest BCUT2D eigenvalue weighted by atomic mass is 9.86. The lowest BCUT2D eigenvalue weighted by Crippen LogP contribution is -2.37. The maximum absolute atomic E-state index is 2.62. The van der Waals surface area contributed by atoms with Gasteiger partial charge in [-0.05, 0) is 44.7 Å². The molecule has 0 aromatic heterocycles. The summed E-state index contributed by atoms with van der Waals surface area (Å²) in [5.41, 5.74) is 0. The van der Waals surface area contributed by atoms with Gasteiger partial charge in [0, 0.05) is 6.04 Å². The predicted octanol–water partition coefficient (Wildman–Crippen LogP) is 2.91. The van der Waals surface area contributed by atoms with E-state index in [0.29, 0.717) is 0 Å². The van der Waals surface area contributed by atoms with Gasteiger partial charge >= 0.3 is 0 Å². The Morgan fingerprint density at radius 3 is 1.92 bits per heavy atom. The van der Waals surface area contributed by atoms with Gasteiger partial charge in [0.2, 0.25) is 0 Å². The minimum absolute atomic E-state index is 0.899.